The molecule has 1 atom stereocenters. The number of hydrogen-bond donors (Lipinski definition) is 2. The van der Waals surface area contributed by atoms with Crippen LogP contribution in [0.2, 0.25) is 5.02 Å². The first kappa shape index (κ1) is 15.8. The highest BCUT2D eigenvalue weighted by Crippen LogP contribution is 2.35. The molecule has 6 heteroatoms. The molecule has 0 saturated heterocycles. The van der Waals surface area contributed by atoms with E-state index in [4.69, 9.17) is 16.7 Å². The average Bonchev–Trinajstić information content (AvgIpc) is 2.81. The van der Waals surface area contributed by atoms with E-state index in [1.54, 1.807) is 0 Å². The van der Waals surface area contributed by atoms with Crippen LogP contribution in [0, 0.1) is 0 Å². The lowest BCUT2D eigenvalue weighted by Crippen LogP contribution is -2.40. The predicted molar refractivity (Wildman–Crippen MR) is 85.3 cm³/mol. The number of unbranched alkanes of at least 4 members (excludes halogenated alkanes) is 1. The van der Waals surface area contributed by atoms with Gasteiger partial charge in [0.1, 0.15) is 10.9 Å². The number of carbonyl (C=O) groups excluding carboxylic acids is 1. The molecule has 0 aliphatic carbocycles. The van der Waals surface area contributed by atoms with Gasteiger partial charge in [0.2, 0.25) is 0 Å². The van der Waals surface area contributed by atoms with Gasteiger partial charge in [-0.3, -0.25) is 4.79 Å². The van der Waals surface area contributed by atoms with Crippen LogP contribution in [0.3, 0.4) is 0 Å². The number of benzene rings is 1. The van der Waals surface area contributed by atoms with Crippen molar-refractivity contribution >= 4 is 44.9 Å². The van der Waals surface area contributed by atoms with Crippen molar-refractivity contribution in [2.24, 2.45) is 0 Å². The number of halogens is 1. The van der Waals surface area contributed by atoms with Gasteiger partial charge in [0.25, 0.3) is 5.91 Å². The van der Waals surface area contributed by atoms with Crippen molar-refractivity contribution in [3.63, 3.8) is 0 Å². The Morgan fingerprint density at radius 1 is 1.38 bits per heavy atom. The molecule has 1 aromatic carbocycles. The lowest BCUT2D eigenvalue weighted by atomic mass is 10.1. The Bertz CT molecular complexity index is 668. The number of thiophene rings is 1. The summed E-state index contributed by atoms with van der Waals surface area (Å²) in [5.74, 6) is -1.45. The van der Waals surface area contributed by atoms with Crippen molar-refractivity contribution in [1.82, 2.24) is 5.32 Å². The minimum atomic E-state index is -1.02. The zero-order valence-electron chi connectivity index (χ0n) is 11.6. The maximum absolute atomic E-state index is 12.3. The molecule has 0 fully saturated rings. The maximum atomic E-state index is 12.3. The van der Waals surface area contributed by atoms with Crippen molar-refractivity contribution in [1.29, 1.82) is 0 Å². The Morgan fingerprint density at radius 3 is 2.71 bits per heavy atom. The van der Waals surface area contributed by atoms with Gasteiger partial charge >= 0.3 is 5.97 Å². The third-order valence-electron chi connectivity index (χ3n) is 3.19. The second kappa shape index (κ2) is 6.91. The number of nitrogens with one attached hydrogen (secondary N) is 1. The number of carboxylic acid groups (broad SMARTS) is 1. The lowest BCUT2D eigenvalue weighted by molar-refractivity contribution is -0.139. The van der Waals surface area contributed by atoms with Crippen LogP contribution < -0.4 is 5.32 Å². The number of rotatable bonds is 6. The van der Waals surface area contributed by atoms with Gasteiger partial charge < -0.3 is 10.4 Å². The maximum Gasteiger partial charge on any atom is 0.326 e. The highest BCUT2D eigenvalue weighted by Gasteiger charge is 2.23. The van der Waals surface area contributed by atoms with E-state index in [0.29, 0.717) is 16.3 Å². The molecular weight excluding hydrogens is 310 g/mol. The summed E-state index contributed by atoms with van der Waals surface area (Å²) in [6.45, 7) is 1.98. The first-order valence-corrected chi connectivity index (χ1v) is 7.94. The minimum absolute atomic E-state index is 0.362. The third-order valence-corrected chi connectivity index (χ3v) is 4.87. The summed E-state index contributed by atoms with van der Waals surface area (Å²) in [6, 6.07) is 6.58. The number of carboxylic acids is 1. The molecule has 1 unspecified atom stereocenters. The van der Waals surface area contributed by atoms with E-state index in [0.717, 1.165) is 22.9 Å². The number of carbonyl (C=O) groups is 2. The summed E-state index contributed by atoms with van der Waals surface area (Å²) in [6.07, 6.45) is 2.04. The molecular formula is C15H16ClNO3S. The first-order valence-electron chi connectivity index (χ1n) is 6.75. The SMILES string of the molecule is CCCCC(NC(=O)c1sc2ccccc2c1Cl)C(=O)O. The van der Waals surface area contributed by atoms with Crippen molar-refractivity contribution in [2.75, 3.05) is 0 Å². The molecule has 2 aromatic rings. The van der Waals surface area contributed by atoms with Gasteiger partial charge in [-0.1, -0.05) is 49.6 Å². The van der Waals surface area contributed by atoms with E-state index < -0.39 is 17.9 Å². The number of amides is 1. The van der Waals surface area contributed by atoms with Crippen LogP contribution >= 0.6 is 22.9 Å². The van der Waals surface area contributed by atoms with Crippen molar-refractivity contribution in [3.8, 4) is 0 Å². The molecule has 21 heavy (non-hydrogen) atoms. The quantitative estimate of drug-likeness (QED) is 0.845. The van der Waals surface area contributed by atoms with E-state index in [1.165, 1.54) is 11.3 Å². The van der Waals surface area contributed by atoms with Gasteiger partial charge in [-0.15, -0.1) is 11.3 Å². The minimum Gasteiger partial charge on any atom is -0.480 e. The van der Waals surface area contributed by atoms with Gasteiger partial charge in [-0.2, -0.15) is 0 Å². The van der Waals surface area contributed by atoms with Crippen LogP contribution in [-0.4, -0.2) is 23.0 Å². The van der Waals surface area contributed by atoms with Crippen LogP contribution in [0.15, 0.2) is 24.3 Å². The monoisotopic (exact) mass is 325 g/mol. The number of hydrogen-bond acceptors (Lipinski definition) is 3. The topological polar surface area (TPSA) is 66.4 Å². The molecule has 1 aromatic heterocycles. The number of fused-ring (bicyclic) bond motifs is 1. The summed E-state index contributed by atoms with van der Waals surface area (Å²) < 4.78 is 0.910. The van der Waals surface area contributed by atoms with E-state index >= 15 is 0 Å². The number of aliphatic carboxylic acids is 1. The highest BCUT2D eigenvalue weighted by atomic mass is 35.5. The molecule has 112 valence electrons. The standard InChI is InChI=1S/C15H16ClNO3S/c1-2-3-7-10(15(19)20)17-14(18)13-12(16)9-6-4-5-8-11(9)21-13/h4-6,8,10H,2-3,7H2,1H3,(H,17,18)(H,19,20). The van der Waals surface area contributed by atoms with Gasteiger partial charge in [0, 0.05) is 10.1 Å². The van der Waals surface area contributed by atoms with Crippen molar-refractivity contribution in [2.45, 2.75) is 32.2 Å². The summed E-state index contributed by atoms with van der Waals surface area (Å²) in [7, 11) is 0. The van der Waals surface area contributed by atoms with Crippen LogP contribution in [0.25, 0.3) is 10.1 Å². The Morgan fingerprint density at radius 2 is 2.10 bits per heavy atom. The summed E-state index contributed by atoms with van der Waals surface area (Å²) >= 11 is 7.49. The largest absolute Gasteiger partial charge is 0.480 e. The summed E-state index contributed by atoms with van der Waals surface area (Å²) in [5, 5.41) is 12.9. The van der Waals surface area contributed by atoms with E-state index in [1.807, 2.05) is 31.2 Å². The van der Waals surface area contributed by atoms with E-state index in [2.05, 4.69) is 5.32 Å². The first-order chi connectivity index (χ1) is 10.0. The van der Waals surface area contributed by atoms with E-state index in [9.17, 15) is 9.59 Å². The molecule has 0 saturated carbocycles. The van der Waals surface area contributed by atoms with Crippen molar-refractivity contribution < 1.29 is 14.7 Å². The van der Waals surface area contributed by atoms with Crippen LogP contribution in [-0.2, 0) is 4.79 Å². The fourth-order valence-corrected chi connectivity index (χ4v) is 3.47. The lowest BCUT2D eigenvalue weighted by Gasteiger charge is -2.13. The second-order valence-electron chi connectivity index (χ2n) is 4.75. The average molecular weight is 326 g/mol. The van der Waals surface area contributed by atoms with Gasteiger partial charge in [0.05, 0.1) is 5.02 Å². The fraction of sp³-hybridized carbons (Fsp3) is 0.333. The second-order valence-corrected chi connectivity index (χ2v) is 6.18. The molecule has 0 radical (unpaired) electrons. The molecule has 1 heterocycles. The molecule has 0 aliphatic heterocycles. The van der Waals surface area contributed by atoms with Crippen LogP contribution in [0.1, 0.15) is 35.9 Å². The molecule has 0 spiro atoms. The summed E-state index contributed by atoms with van der Waals surface area (Å²) in [4.78, 5) is 23.8. The Hall–Kier alpha value is -1.59. The molecule has 0 bridgehead atoms. The zero-order valence-corrected chi connectivity index (χ0v) is 13.1. The van der Waals surface area contributed by atoms with E-state index in [-0.39, 0.29) is 0 Å². The van der Waals surface area contributed by atoms with Gasteiger partial charge in [-0.05, 0) is 12.5 Å². The fourth-order valence-electron chi connectivity index (χ4n) is 2.05. The zero-order chi connectivity index (χ0) is 15.4. The predicted octanol–water partition coefficient (Wildman–Crippen LogP) is 3.93. The molecule has 4 nitrogen and oxygen atoms in total. The molecule has 2 N–H and O–H groups in total. The summed E-state index contributed by atoms with van der Waals surface area (Å²) in [5.41, 5.74) is 0. The molecule has 1 amide bonds. The third kappa shape index (κ3) is 3.54. The molecule has 0 aliphatic rings. The van der Waals surface area contributed by atoms with Crippen LogP contribution in [0.5, 0.6) is 0 Å². The highest BCUT2D eigenvalue weighted by molar-refractivity contribution is 7.21. The van der Waals surface area contributed by atoms with Gasteiger partial charge in [0.15, 0.2) is 0 Å². The Labute approximate surface area is 131 Å². The Balaban J connectivity index is 2.21. The van der Waals surface area contributed by atoms with Gasteiger partial charge in [-0.25, -0.2) is 4.79 Å². The molecule has 2 rings (SSSR count). The normalized spacial score (nSPS) is 12.3. The van der Waals surface area contributed by atoms with Crippen LogP contribution in [0.4, 0.5) is 0 Å². The smallest absolute Gasteiger partial charge is 0.326 e. The Kier molecular flexibility index (Phi) is 5.20. The van der Waals surface area contributed by atoms with Crippen molar-refractivity contribution in [3.05, 3.63) is 34.2 Å².